The quantitative estimate of drug-likeness (QED) is 0.824. The minimum absolute atomic E-state index is 0.241. The number of aryl methyl sites for hydroxylation is 1. The van der Waals surface area contributed by atoms with Crippen molar-refractivity contribution in [1.82, 2.24) is 10.2 Å². The highest BCUT2D eigenvalue weighted by Gasteiger charge is 2.05. The van der Waals surface area contributed by atoms with Crippen molar-refractivity contribution in [3.63, 3.8) is 0 Å². The number of unbranched alkanes of at least 4 members (excludes halogenated alkanes) is 1. The predicted octanol–water partition coefficient (Wildman–Crippen LogP) is 3.13. The summed E-state index contributed by atoms with van der Waals surface area (Å²) in [5, 5.41) is 12.1. The number of amides is 1. The number of rotatable bonds is 6. The van der Waals surface area contributed by atoms with E-state index in [2.05, 4.69) is 22.4 Å². The number of aromatic nitrogens is 2. The molecule has 19 heavy (non-hydrogen) atoms. The van der Waals surface area contributed by atoms with Crippen molar-refractivity contribution in [2.75, 3.05) is 5.32 Å². The van der Waals surface area contributed by atoms with Gasteiger partial charge >= 0.3 is 0 Å². The highest BCUT2D eigenvalue weighted by Crippen LogP contribution is 2.17. The van der Waals surface area contributed by atoms with Gasteiger partial charge in [-0.25, -0.2) is 0 Å². The molecular weight excluding hydrogens is 262 g/mol. The Morgan fingerprint density at radius 2 is 2.42 bits per heavy atom. The Labute approximate surface area is 115 Å². The molecule has 0 aliphatic heterocycles. The fourth-order valence-electron chi connectivity index (χ4n) is 1.42. The summed E-state index contributed by atoms with van der Waals surface area (Å²) in [7, 11) is 0. The molecule has 0 bridgehead atoms. The molecule has 2 rings (SSSR count). The van der Waals surface area contributed by atoms with E-state index < -0.39 is 0 Å². The minimum atomic E-state index is -0.241. The van der Waals surface area contributed by atoms with Gasteiger partial charge in [-0.2, -0.15) is 0 Å². The number of carbonyl (C=O) groups excluding carboxylic acids is 1. The van der Waals surface area contributed by atoms with E-state index in [1.807, 2.05) is 0 Å². The summed E-state index contributed by atoms with van der Waals surface area (Å²) in [5.41, 5.74) is 0. The lowest BCUT2D eigenvalue weighted by Gasteiger charge is -1.93. The van der Waals surface area contributed by atoms with Gasteiger partial charge in [-0.1, -0.05) is 24.7 Å². The van der Waals surface area contributed by atoms with Crippen LogP contribution in [-0.4, -0.2) is 16.1 Å². The number of carbonyl (C=O) groups is 1. The molecule has 0 unspecified atom stereocenters. The smallest absolute Gasteiger partial charge is 0.250 e. The monoisotopic (exact) mass is 277 g/mol. The first-order valence-corrected chi connectivity index (χ1v) is 6.94. The third-order valence-electron chi connectivity index (χ3n) is 2.38. The molecule has 1 amide bonds. The Kier molecular flexibility index (Phi) is 4.85. The van der Waals surface area contributed by atoms with Crippen molar-refractivity contribution in [2.45, 2.75) is 26.2 Å². The van der Waals surface area contributed by atoms with Crippen LogP contribution in [0, 0.1) is 0 Å². The average Bonchev–Trinajstić information content (AvgIpc) is 3.05. The normalized spacial score (nSPS) is 11.0. The van der Waals surface area contributed by atoms with Gasteiger partial charge in [0.25, 0.3) is 0 Å². The first kappa shape index (κ1) is 13.5. The largest absolute Gasteiger partial charge is 0.465 e. The Balaban J connectivity index is 1.86. The van der Waals surface area contributed by atoms with Crippen LogP contribution in [0.2, 0.25) is 0 Å². The van der Waals surface area contributed by atoms with E-state index in [1.165, 1.54) is 17.4 Å². The van der Waals surface area contributed by atoms with Crippen LogP contribution in [0.1, 0.15) is 30.5 Å². The first-order valence-electron chi connectivity index (χ1n) is 6.13. The standard InChI is InChI=1S/C13H15N3O2S/c1-2-3-6-12-15-16-13(19-12)14-11(17)8-7-10-5-4-9-18-10/h4-5,7-9H,2-3,6H2,1H3,(H,14,16,17)/b8-7+. The third-order valence-corrected chi connectivity index (χ3v) is 3.28. The number of anilines is 1. The van der Waals surface area contributed by atoms with E-state index in [-0.39, 0.29) is 5.91 Å². The van der Waals surface area contributed by atoms with E-state index in [1.54, 1.807) is 24.5 Å². The summed E-state index contributed by atoms with van der Waals surface area (Å²) in [6.45, 7) is 2.13. The second kappa shape index (κ2) is 6.84. The lowest BCUT2D eigenvalue weighted by Crippen LogP contribution is -2.07. The molecule has 5 nitrogen and oxygen atoms in total. The van der Waals surface area contributed by atoms with Gasteiger partial charge in [0.1, 0.15) is 10.8 Å². The van der Waals surface area contributed by atoms with E-state index in [4.69, 9.17) is 4.42 Å². The van der Waals surface area contributed by atoms with Gasteiger partial charge in [0.15, 0.2) is 0 Å². The number of nitrogens with one attached hydrogen (secondary N) is 1. The van der Waals surface area contributed by atoms with Crippen molar-refractivity contribution < 1.29 is 9.21 Å². The van der Waals surface area contributed by atoms with Crippen molar-refractivity contribution >= 4 is 28.5 Å². The Morgan fingerprint density at radius 3 is 3.16 bits per heavy atom. The molecule has 2 aromatic heterocycles. The molecule has 0 aromatic carbocycles. The van der Waals surface area contributed by atoms with Crippen LogP contribution in [0.5, 0.6) is 0 Å². The Morgan fingerprint density at radius 1 is 1.53 bits per heavy atom. The van der Waals surface area contributed by atoms with Crippen LogP contribution in [0.3, 0.4) is 0 Å². The lowest BCUT2D eigenvalue weighted by atomic mass is 10.3. The summed E-state index contributed by atoms with van der Waals surface area (Å²) in [5.74, 6) is 0.394. The summed E-state index contributed by atoms with van der Waals surface area (Å²) < 4.78 is 5.09. The zero-order chi connectivity index (χ0) is 13.5. The van der Waals surface area contributed by atoms with Crippen LogP contribution in [0.4, 0.5) is 5.13 Å². The third kappa shape index (κ3) is 4.33. The molecule has 0 fully saturated rings. The van der Waals surface area contributed by atoms with Crippen LogP contribution >= 0.6 is 11.3 Å². The van der Waals surface area contributed by atoms with Gasteiger partial charge in [-0.15, -0.1) is 10.2 Å². The minimum Gasteiger partial charge on any atom is -0.465 e. The maximum absolute atomic E-state index is 11.6. The van der Waals surface area contributed by atoms with E-state index >= 15 is 0 Å². The van der Waals surface area contributed by atoms with Gasteiger partial charge in [0.2, 0.25) is 11.0 Å². The fraction of sp³-hybridized carbons (Fsp3) is 0.308. The van der Waals surface area contributed by atoms with Crippen LogP contribution in [0.15, 0.2) is 28.9 Å². The van der Waals surface area contributed by atoms with Crippen molar-refractivity contribution in [2.24, 2.45) is 0 Å². The molecule has 0 aliphatic carbocycles. The van der Waals surface area contributed by atoms with Gasteiger partial charge < -0.3 is 4.42 Å². The van der Waals surface area contributed by atoms with E-state index in [0.29, 0.717) is 10.9 Å². The summed E-state index contributed by atoms with van der Waals surface area (Å²) >= 11 is 1.41. The maximum Gasteiger partial charge on any atom is 0.250 e. The molecule has 2 aromatic rings. The maximum atomic E-state index is 11.6. The zero-order valence-electron chi connectivity index (χ0n) is 10.6. The summed E-state index contributed by atoms with van der Waals surface area (Å²) in [6, 6.07) is 3.54. The first-order chi connectivity index (χ1) is 9.28. The molecule has 0 aliphatic rings. The van der Waals surface area contributed by atoms with Crippen LogP contribution in [-0.2, 0) is 11.2 Å². The summed E-state index contributed by atoms with van der Waals surface area (Å²) in [4.78, 5) is 11.6. The van der Waals surface area contributed by atoms with E-state index in [0.717, 1.165) is 24.3 Å². The molecule has 6 heteroatoms. The van der Waals surface area contributed by atoms with Gasteiger partial charge in [0, 0.05) is 12.5 Å². The molecule has 0 atom stereocenters. The molecule has 0 spiro atoms. The molecule has 0 radical (unpaired) electrons. The second-order valence-electron chi connectivity index (χ2n) is 3.94. The molecule has 1 N–H and O–H groups in total. The molecule has 2 heterocycles. The predicted molar refractivity (Wildman–Crippen MR) is 74.9 cm³/mol. The van der Waals surface area contributed by atoms with Gasteiger partial charge in [-0.05, 0) is 24.6 Å². The average molecular weight is 277 g/mol. The number of hydrogen-bond donors (Lipinski definition) is 1. The number of nitrogens with zero attached hydrogens (tertiary/aromatic N) is 2. The van der Waals surface area contributed by atoms with Crippen molar-refractivity contribution in [3.05, 3.63) is 35.2 Å². The van der Waals surface area contributed by atoms with Crippen LogP contribution < -0.4 is 5.32 Å². The fourth-order valence-corrected chi connectivity index (χ4v) is 2.21. The highest BCUT2D eigenvalue weighted by molar-refractivity contribution is 7.15. The summed E-state index contributed by atoms with van der Waals surface area (Å²) in [6.07, 6.45) is 7.68. The lowest BCUT2D eigenvalue weighted by molar-refractivity contribution is -0.111. The van der Waals surface area contributed by atoms with Crippen LogP contribution in [0.25, 0.3) is 6.08 Å². The molecule has 0 saturated heterocycles. The molecule has 0 saturated carbocycles. The SMILES string of the molecule is CCCCc1nnc(NC(=O)/C=C/c2ccco2)s1. The molecular formula is C13H15N3O2S. The van der Waals surface area contributed by atoms with Crippen molar-refractivity contribution in [1.29, 1.82) is 0 Å². The Hall–Kier alpha value is -1.95. The van der Waals surface area contributed by atoms with Gasteiger partial charge in [-0.3, -0.25) is 10.1 Å². The topological polar surface area (TPSA) is 68.0 Å². The number of hydrogen-bond acceptors (Lipinski definition) is 5. The number of furan rings is 1. The zero-order valence-corrected chi connectivity index (χ0v) is 11.4. The Bertz CT molecular complexity index is 546. The van der Waals surface area contributed by atoms with E-state index in [9.17, 15) is 4.79 Å². The second-order valence-corrected chi connectivity index (χ2v) is 5.00. The van der Waals surface area contributed by atoms with Gasteiger partial charge in [0.05, 0.1) is 6.26 Å². The molecule has 100 valence electrons. The van der Waals surface area contributed by atoms with Crippen molar-refractivity contribution in [3.8, 4) is 0 Å². The highest BCUT2D eigenvalue weighted by atomic mass is 32.1.